The van der Waals surface area contributed by atoms with Gasteiger partial charge in [-0.25, -0.2) is 0 Å². The Morgan fingerprint density at radius 3 is 2.76 bits per heavy atom. The van der Waals surface area contributed by atoms with Gasteiger partial charge in [-0.05, 0) is 44.4 Å². The average Bonchev–Trinajstić information content (AvgIpc) is 2.91. The van der Waals surface area contributed by atoms with Crippen molar-refractivity contribution in [2.24, 2.45) is 11.8 Å². The molecular weight excluding hydrogens is 212 g/mol. The molecule has 0 saturated heterocycles. The minimum atomic E-state index is -0.0313. The summed E-state index contributed by atoms with van der Waals surface area (Å²) in [6, 6.07) is 0.567. The third kappa shape index (κ3) is 3.21. The van der Waals surface area contributed by atoms with Crippen LogP contribution in [0.2, 0.25) is 0 Å². The molecule has 2 aliphatic rings. The van der Waals surface area contributed by atoms with Crippen molar-refractivity contribution in [3.05, 3.63) is 0 Å². The number of unbranched alkanes of at least 4 members (excludes halogenated alkanes) is 1. The van der Waals surface area contributed by atoms with Gasteiger partial charge in [0.1, 0.15) is 0 Å². The molecule has 4 unspecified atom stereocenters. The van der Waals surface area contributed by atoms with E-state index < -0.39 is 0 Å². The van der Waals surface area contributed by atoms with Gasteiger partial charge in [-0.15, -0.1) is 0 Å². The number of hydrogen-bond donors (Lipinski definition) is 2. The number of carbonyl (C=O) groups excluding carboxylic acids is 1. The van der Waals surface area contributed by atoms with Gasteiger partial charge in [0.2, 0.25) is 5.91 Å². The van der Waals surface area contributed by atoms with E-state index >= 15 is 0 Å². The fourth-order valence-corrected chi connectivity index (χ4v) is 3.39. The lowest BCUT2D eigenvalue weighted by molar-refractivity contribution is -0.123. The minimum absolute atomic E-state index is 0.0313. The summed E-state index contributed by atoms with van der Waals surface area (Å²) >= 11 is 0. The fraction of sp³-hybridized carbons (Fsp3) is 0.929. The normalized spacial score (nSPS) is 32.7. The molecule has 2 aliphatic carbocycles. The van der Waals surface area contributed by atoms with Crippen molar-refractivity contribution < 1.29 is 4.79 Å². The van der Waals surface area contributed by atoms with Crippen LogP contribution in [0.5, 0.6) is 0 Å². The summed E-state index contributed by atoms with van der Waals surface area (Å²) in [5, 5.41) is 6.52. The maximum Gasteiger partial charge on any atom is 0.236 e. The highest BCUT2D eigenvalue weighted by molar-refractivity contribution is 5.81. The van der Waals surface area contributed by atoms with Crippen LogP contribution in [0.3, 0.4) is 0 Å². The first-order valence-corrected chi connectivity index (χ1v) is 7.24. The van der Waals surface area contributed by atoms with Crippen molar-refractivity contribution in [3.8, 4) is 0 Å². The topological polar surface area (TPSA) is 41.1 Å². The molecule has 17 heavy (non-hydrogen) atoms. The zero-order valence-electron chi connectivity index (χ0n) is 11.2. The van der Waals surface area contributed by atoms with Gasteiger partial charge < -0.3 is 10.6 Å². The summed E-state index contributed by atoms with van der Waals surface area (Å²) in [6.45, 7) is 4.95. The second-order valence-electron chi connectivity index (χ2n) is 5.81. The first kappa shape index (κ1) is 12.9. The molecule has 98 valence electrons. The molecule has 0 spiro atoms. The van der Waals surface area contributed by atoms with Crippen molar-refractivity contribution >= 4 is 5.91 Å². The van der Waals surface area contributed by atoms with Crippen molar-refractivity contribution in [2.45, 2.75) is 64.5 Å². The zero-order valence-corrected chi connectivity index (χ0v) is 11.2. The molecule has 2 bridgehead atoms. The first-order chi connectivity index (χ1) is 8.20. The Hall–Kier alpha value is -0.570. The van der Waals surface area contributed by atoms with Crippen molar-refractivity contribution in [1.82, 2.24) is 10.6 Å². The molecule has 2 rings (SSSR count). The van der Waals surface area contributed by atoms with Gasteiger partial charge in [0.25, 0.3) is 0 Å². The van der Waals surface area contributed by atoms with Crippen LogP contribution >= 0.6 is 0 Å². The molecule has 4 atom stereocenters. The van der Waals surface area contributed by atoms with Gasteiger partial charge in [-0.3, -0.25) is 4.79 Å². The van der Waals surface area contributed by atoms with Gasteiger partial charge in [-0.2, -0.15) is 0 Å². The monoisotopic (exact) mass is 238 g/mol. The van der Waals surface area contributed by atoms with Gasteiger partial charge in [0.15, 0.2) is 0 Å². The second kappa shape index (κ2) is 5.85. The highest BCUT2D eigenvalue weighted by Crippen LogP contribution is 2.44. The Morgan fingerprint density at radius 2 is 2.18 bits per heavy atom. The van der Waals surface area contributed by atoms with E-state index in [-0.39, 0.29) is 11.9 Å². The standard InChI is InChI=1S/C14H26N2O/c1-3-4-7-15-14(17)10(2)16-13-9-11-5-6-12(13)8-11/h10-13,16H,3-9H2,1-2H3,(H,15,17). The number of amides is 1. The summed E-state index contributed by atoms with van der Waals surface area (Å²) in [6.07, 6.45) is 7.67. The SMILES string of the molecule is CCCCNC(=O)C(C)NC1CC2CCC1C2. The van der Waals surface area contributed by atoms with E-state index in [1.165, 1.54) is 25.7 Å². The van der Waals surface area contributed by atoms with Gasteiger partial charge in [0.05, 0.1) is 6.04 Å². The minimum Gasteiger partial charge on any atom is -0.355 e. The summed E-state index contributed by atoms with van der Waals surface area (Å²) in [5.74, 6) is 1.94. The predicted molar refractivity (Wildman–Crippen MR) is 69.8 cm³/mol. The van der Waals surface area contributed by atoms with Crippen molar-refractivity contribution in [3.63, 3.8) is 0 Å². The van der Waals surface area contributed by atoms with Crippen LogP contribution in [-0.4, -0.2) is 24.5 Å². The van der Waals surface area contributed by atoms with Gasteiger partial charge in [0, 0.05) is 12.6 Å². The molecule has 2 fully saturated rings. The molecule has 3 heteroatoms. The molecule has 0 radical (unpaired) electrons. The Kier molecular flexibility index (Phi) is 4.43. The van der Waals surface area contributed by atoms with Crippen LogP contribution in [0.25, 0.3) is 0 Å². The Bertz CT molecular complexity index is 267. The highest BCUT2D eigenvalue weighted by atomic mass is 16.2. The van der Waals surface area contributed by atoms with E-state index in [0.717, 1.165) is 31.2 Å². The second-order valence-corrected chi connectivity index (χ2v) is 5.81. The van der Waals surface area contributed by atoms with Crippen molar-refractivity contribution in [1.29, 1.82) is 0 Å². The molecule has 0 aliphatic heterocycles. The first-order valence-electron chi connectivity index (χ1n) is 7.24. The number of hydrogen-bond acceptors (Lipinski definition) is 2. The maximum absolute atomic E-state index is 11.8. The Balaban J connectivity index is 1.69. The largest absolute Gasteiger partial charge is 0.355 e. The molecule has 0 aromatic rings. The van der Waals surface area contributed by atoms with Crippen LogP contribution in [0.1, 0.15) is 52.4 Å². The predicted octanol–water partition coefficient (Wildman–Crippen LogP) is 2.07. The zero-order chi connectivity index (χ0) is 12.3. The molecule has 0 heterocycles. The van der Waals surface area contributed by atoms with E-state index in [1.807, 2.05) is 6.92 Å². The summed E-state index contributed by atoms with van der Waals surface area (Å²) < 4.78 is 0. The Morgan fingerprint density at radius 1 is 1.35 bits per heavy atom. The maximum atomic E-state index is 11.8. The van der Waals surface area contributed by atoms with E-state index in [9.17, 15) is 4.79 Å². The quantitative estimate of drug-likeness (QED) is 0.696. The smallest absolute Gasteiger partial charge is 0.236 e. The van der Waals surface area contributed by atoms with Crippen molar-refractivity contribution in [2.75, 3.05) is 6.54 Å². The van der Waals surface area contributed by atoms with Crippen LogP contribution < -0.4 is 10.6 Å². The van der Waals surface area contributed by atoms with E-state index in [1.54, 1.807) is 0 Å². The van der Waals surface area contributed by atoms with E-state index in [0.29, 0.717) is 6.04 Å². The highest BCUT2D eigenvalue weighted by Gasteiger charge is 2.40. The molecule has 2 N–H and O–H groups in total. The van der Waals surface area contributed by atoms with Crippen LogP contribution in [-0.2, 0) is 4.79 Å². The number of rotatable bonds is 6. The molecule has 0 aromatic carbocycles. The molecular formula is C14H26N2O. The summed E-state index contributed by atoms with van der Waals surface area (Å²) in [7, 11) is 0. The lowest BCUT2D eigenvalue weighted by atomic mass is 9.95. The van der Waals surface area contributed by atoms with E-state index in [2.05, 4.69) is 17.6 Å². The fourth-order valence-electron chi connectivity index (χ4n) is 3.39. The lowest BCUT2D eigenvalue weighted by Gasteiger charge is -2.26. The molecule has 2 saturated carbocycles. The molecule has 3 nitrogen and oxygen atoms in total. The summed E-state index contributed by atoms with van der Waals surface area (Å²) in [4.78, 5) is 11.8. The molecule has 0 aromatic heterocycles. The Labute approximate surface area is 105 Å². The van der Waals surface area contributed by atoms with Gasteiger partial charge >= 0.3 is 0 Å². The average molecular weight is 238 g/mol. The number of fused-ring (bicyclic) bond motifs is 2. The number of nitrogens with one attached hydrogen (secondary N) is 2. The third-order valence-corrected chi connectivity index (χ3v) is 4.43. The number of carbonyl (C=O) groups is 1. The van der Waals surface area contributed by atoms with Crippen LogP contribution in [0, 0.1) is 11.8 Å². The van der Waals surface area contributed by atoms with E-state index in [4.69, 9.17) is 0 Å². The van der Waals surface area contributed by atoms with Crippen LogP contribution in [0.15, 0.2) is 0 Å². The van der Waals surface area contributed by atoms with Gasteiger partial charge in [-0.1, -0.05) is 19.8 Å². The third-order valence-electron chi connectivity index (χ3n) is 4.43. The van der Waals surface area contributed by atoms with Crippen LogP contribution in [0.4, 0.5) is 0 Å². The molecule has 1 amide bonds. The summed E-state index contributed by atoms with van der Waals surface area (Å²) in [5.41, 5.74) is 0. The lowest BCUT2D eigenvalue weighted by Crippen LogP contribution is -2.48.